The third kappa shape index (κ3) is 6.38. The number of pyridine rings is 1. The van der Waals surface area contributed by atoms with E-state index in [1.807, 2.05) is 25.1 Å². The number of unbranched alkanes of at least 4 members (excludes halogenated alkanes) is 4. The molecule has 0 saturated heterocycles. The molecule has 0 aliphatic carbocycles. The lowest BCUT2D eigenvalue weighted by Gasteiger charge is -2.05. The third-order valence-electron chi connectivity index (χ3n) is 2.92. The second-order valence-electron chi connectivity index (χ2n) is 4.71. The van der Waals surface area contributed by atoms with E-state index in [0.29, 0.717) is 13.0 Å². The van der Waals surface area contributed by atoms with Gasteiger partial charge in [0, 0.05) is 12.1 Å². The molecular formula is C15H24N2O. The zero-order chi connectivity index (χ0) is 13.2. The van der Waals surface area contributed by atoms with E-state index < -0.39 is 0 Å². The van der Waals surface area contributed by atoms with Gasteiger partial charge >= 0.3 is 0 Å². The van der Waals surface area contributed by atoms with E-state index in [2.05, 4.69) is 17.2 Å². The first-order valence-electron chi connectivity index (χ1n) is 6.91. The standard InChI is InChI=1S/C15H24N2O/c1-3-4-5-6-7-11-15(18)16-12-14-10-8-9-13(2)17-14/h8-10H,3-7,11-12H2,1-2H3,(H,16,18). The Morgan fingerprint density at radius 2 is 2.00 bits per heavy atom. The van der Waals surface area contributed by atoms with Crippen LogP contribution in [-0.4, -0.2) is 10.9 Å². The Morgan fingerprint density at radius 3 is 2.72 bits per heavy atom. The van der Waals surface area contributed by atoms with Gasteiger partial charge in [0.1, 0.15) is 0 Å². The SMILES string of the molecule is CCCCCCCC(=O)NCc1cccc(C)n1. The van der Waals surface area contributed by atoms with Gasteiger partial charge in [-0.1, -0.05) is 38.7 Å². The molecular weight excluding hydrogens is 224 g/mol. The maximum absolute atomic E-state index is 11.6. The minimum absolute atomic E-state index is 0.134. The van der Waals surface area contributed by atoms with Crippen molar-refractivity contribution in [2.45, 2.75) is 58.9 Å². The van der Waals surface area contributed by atoms with Crippen LogP contribution < -0.4 is 5.32 Å². The summed E-state index contributed by atoms with van der Waals surface area (Å²) in [5.74, 6) is 0.134. The lowest BCUT2D eigenvalue weighted by molar-refractivity contribution is -0.121. The molecule has 0 aliphatic rings. The van der Waals surface area contributed by atoms with Gasteiger partial charge in [-0.05, 0) is 25.5 Å². The highest BCUT2D eigenvalue weighted by Crippen LogP contribution is 2.05. The Hall–Kier alpha value is -1.38. The van der Waals surface area contributed by atoms with Crippen LogP contribution in [0.5, 0.6) is 0 Å². The van der Waals surface area contributed by atoms with Gasteiger partial charge in [-0.3, -0.25) is 9.78 Å². The molecule has 0 atom stereocenters. The molecule has 1 aromatic rings. The van der Waals surface area contributed by atoms with Crippen molar-refractivity contribution in [3.8, 4) is 0 Å². The van der Waals surface area contributed by atoms with Crippen molar-refractivity contribution >= 4 is 5.91 Å². The van der Waals surface area contributed by atoms with Gasteiger partial charge in [0.25, 0.3) is 0 Å². The fraction of sp³-hybridized carbons (Fsp3) is 0.600. The summed E-state index contributed by atoms with van der Waals surface area (Å²) < 4.78 is 0. The molecule has 3 heteroatoms. The molecule has 0 fully saturated rings. The zero-order valence-corrected chi connectivity index (χ0v) is 11.5. The second-order valence-corrected chi connectivity index (χ2v) is 4.71. The Labute approximate surface area is 110 Å². The van der Waals surface area contributed by atoms with Gasteiger partial charge < -0.3 is 5.32 Å². The average molecular weight is 248 g/mol. The summed E-state index contributed by atoms with van der Waals surface area (Å²) >= 11 is 0. The van der Waals surface area contributed by atoms with E-state index in [1.54, 1.807) is 0 Å². The number of aryl methyl sites for hydroxylation is 1. The molecule has 3 nitrogen and oxygen atoms in total. The third-order valence-corrected chi connectivity index (χ3v) is 2.92. The normalized spacial score (nSPS) is 10.3. The summed E-state index contributed by atoms with van der Waals surface area (Å²) in [5.41, 5.74) is 1.91. The summed E-state index contributed by atoms with van der Waals surface area (Å²) in [5, 5.41) is 2.92. The van der Waals surface area contributed by atoms with E-state index in [1.165, 1.54) is 19.3 Å². The number of hydrogen-bond donors (Lipinski definition) is 1. The molecule has 1 heterocycles. The molecule has 18 heavy (non-hydrogen) atoms. The first kappa shape index (κ1) is 14.7. The predicted octanol–water partition coefficient (Wildman–Crippen LogP) is 3.37. The Kier molecular flexibility index (Phi) is 7.07. The monoisotopic (exact) mass is 248 g/mol. The number of carbonyl (C=O) groups is 1. The van der Waals surface area contributed by atoms with Crippen LogP contribution in [0.2, 0.25) is 0 Å². The maximum atomic E-state index is 11.6. The number of carbonyl (C=O) groups excluding carboxylic acids is 1. The fourth-order valence-corrected chi connectivity index (χ4v) is 1.86. The largest absolute Gasteiger partial charge is 0.350 e. The topological polar surface area (TPSA) is 42.0 Å². The molecule has 1 aromatic heterocycles. The van der Waals surface area contributed by atoms with Gasteiger partial charge in [0.05, 0.1) is 12.2 Å². The summed E-state index contributed by atoms with van der Waals surface area (Å²) in [7, 11) is 0. The molecule has 1 N–H and O–H groups in total. The number of aromatic nitrogens is 1. The van der Waals surface area contributed by atoms with Crippen LogP contribution in [0.15, 0.2) is 18.2 Å². The molecule has 0 radical (unpaired) electrons. The summed E-state index contributed by atoms with van der Waals surface area (Å²) in [6.07, 6.45) is 6.54. The number of rotatable bonds is 8. The van der Waals surface area contributed by atoms with Gasteiger partial charge in [-0.15, -0.1) is 0 Å². The number of amides is 1. The van der Waals surface area contributed by atoms with Crippen LogP contribution in [-0.2, 0) is 11.3 Å². The molecule has 1 rings (SSSR count). The van der Waals surface area contributed by atoms with Crippen LogP contribution in [0, 0.1) is 6.92 Å². The van der Waals surface area contributed by atoms with Gasteiger partial charge in [-0.2, -0.15) is 0 Å². The highest BCUT2D eigenvalue weighted by Gasteiger charge is 2.01. The molecule has 1 amide bonds. The van der Waals surface area contributed by atoms with Crippen molar-refractivity contribution in [3.63, 3.8) is 0 Å². The van der Waals surface area contributed by atoms with Gasteiger partial charge in [0.2, 0.25) is 5.91 Å². The molecule has 0 spiro atoms. The number of nitrogens with zero attached hydrogens (tertiary/aromatic N) is 1. The van der Waals surface area contributed by atoms with Crippen LogP contribution in [0.4, 0.5) is 0 Å². The van der Waals surface area contributed by atoms with E-state index in [9.17, 15) is 4.79 Å². The Balaban J connectivity index is 2.13. The van der Waals surface area contributed by atoms with Crippen molar-refractivity contribution in [2.24, 2.45) is 0 Å². The van der Waals surface area contributed by atoms with Crippen molar-refractivity contribution in [2.75, 3.05) is 0 Å². The lowest BCUT2D eigenvalue weighted by Crippen LogP contribution is -2.22. The average Bonchev–Trinajstić information content (AvgIpc) is 2.36. The van der Waals surface area contributed by atoms with Gasteiger partial charge in [-0.25, -0.2) is 0 Å². The predicted molar refractivity (Wildman–Crippen MR) is 74.2 cm³/mol. The van der Waals surface area contributed by atoms with E-state index in [4.69, 9.17) is 0 Å². The second kappa shape index (κ2) is 8.67. The van der Waals surface area contributed by atoms with Crippen LogP contribution >= 0.6 is 0 Å². The highest BCUT2D eigenvalue weighted by atomic mass is 16.1. The zero-order valence-electron chi connectivity index (χ0n) is 11.5. The molecule has 0 bridgehead atoms. The van der Waals surface area contributed by atoms with Gasteiger partial charge in [0.15, 0.2) is 0 Å². The minimum Gasteiger partial charge on any atom is -0.350 e. The fourth-order valence-electron chi connectivity index (χ4n) is 1.86. The number of nitrogens with one attached hydrogen (secondary N) is 1. The first-order valence-corrected chi connectivity index (χ1v) is 6.91. The number of hydrogen-bond acceptors (Lipinski definition) is 2. The smallest absolute Gasteiger partial charge is 0.220 e. The summed E-state index contributed by atoms with van der Waals surface area (Å²) in [6.45, 7) is 4.69. The van der Waals surface area contributed by atoms with Crippen molar-refractivity contribution < 1.29 is 4.79 Å². The summed E-state index contributed by atoms with van der Waals surface area (Å²) in [6, 6.07) is 5.86. The van der Waals surface area contributed by atoms with Crippen LogP contribution in [0.25, 0.3) is 0 Å². The minimum atomic E-state index is 0.134. The molecule has 0 aliphatic heterocycles. The molecule has 0 unspecified atom stereocenters. The molecule has 100 valence electrons. The van der Waals surface area contributed by atoms with E-state index in [-0.39, 0.29) is 5.91 Å². The Bertz CT molecular complexity index is 363. The lowest BCUT2D eigenvalue weighted by atomic mass is 10.1. The Morgan fingerprint density at radius 1 is 1.22 bits per heavy atom. The van der Waals surface area contributed by atoms with Crippen molar-refractivity contribution in [3.05, 3.63) is 29.6 Å². The first-order chi connectivity index (χ1) is 8.72. The summed E-state index contributed by atoms with van der Waals surface area (Å²) in [4.78, 5) is 15.9. The van der Waals surface area contributed by atoms with Crippen LogP contribution in [0.1, 0.15) is 56.8 Å². The quantitative estimate of drug-likeness (QED) is 0.717. The van der Waals surface area contributed by atoms with Crippen molar-refractivity contribution in [1.29, 1.82) is 0 Å². The highest BCUT2D eigenvalue weighted by molar-refractivity contribution is 5.75. The molecule has 0 saturated carbocycles. The van der Waals surface area contributed by atoms with E-state index >= 15 is 0 Å². The van der Waals surface area contributed by atoms with E-state index in [0.717, 1.165) is 24.2 Å². The maximum Gasteiger partial charge on any atom is 0.220 e. The molecule has 0 aromatic carbocycles. The van der Waals surface area contributed by atoms with Crippen LogP contribution in [0.3, 0.4) is 0 Å². The van der Waals surface area contributed by atoms with Crippen molar-refractivity contribution in [1.82, 2.24) is 10.3 Å².